The Hall–Kier alpha value is -11.7. The number of aromatic amines is 4. The predicted molar refractivity (Wildman–Crippen MR) is 520 cm³/mol. The van der Waals surface area contributed by atoms with Crippen molar-refractivity contribution in [2.45, 2.75) is 134 Å². The molecule has 130 heavy (non-hydrogen) atoms. The number of likely N-dealkylation sites (tertiary alicyclic amines) is 2. The Bertz CT molecular complexity index is 6350. The quantitative estimate of drug-likeness (QED) is 0.0333. The van der Waals surface area contributed by atoms with E-state index < -0.39 is 0 Å². The van der Waals surface area contributed by atoms with Crippen LogP contribution >= 0.6 is 58.6 Å². The number of rotatable bonds is 17. The number of anilines is 1. The van der Waals surface area contributed by atoms with E-state index in [1.165, 1.54) is 77.3 Å². The highest BCUT2D eigenvalue weighted by atomic mass is 35.5. The summed E-state index contributed by atoms with van der Waals surface area (Å²) in [5.74, 6) is 0.930. The molecule has 5 atom stereocenters. The van der Waals surface area contributed by atoms with E-state index in [2.05, 4.69) is 100 Å². The molecule has 2 saturated heterocycles. The molecule has 4 amide bonds. The van der Waals surface area contributed by atoms with Crippen molar-refractivity contribution in [1.82, 2.24) is 64.6 Å². The molecular weight excluding hydrogens is 1740 g/mol. The van der Waals surface area contributed by atoms with E-state index in [-0.39, 0.29) is 47.9 Å². The van der Waals surface area contributed by atoms with Gasteiger partial charge in [-0.15, -0.1) is 0 Å². The highest BCUT2D eigenvalue weighted by molar-refractivity contribution is 7.80. The predicted octanol–water partition coefficient (Wildman–Crippen LogP) is 22.5. The number of methoxy groups -OCH3 is 1. The first-order chi connectivity index (χ1) is 63.3. The van der Waals surface area contributed by atoms with E-state index in [0.29, 0.717) is 101 Å². The average Bonchev–Trinajstić information content (AvgIpc) is 1.60. The number of carbonyl (C=O) groups is 4. The van der Waals surface area contributed by atoms with Gasteiger partial charge in [-0.25, -0.2) is 19.0 Å². The van der Waals surface area contributed by atoms with E-state index >= 15 is 0 Å². The maximum atomic E-state index is 14.3. The lowest BCUT2D eigenvalue weighted by atomic mass is 9.89. The molecule has 21 nitrogen and oxygen atoms in total. The Morgan fingerprint density at radius 1 is 0.538 bits per heavy atom. The van der Waals surface area contributed by atoms with Gasteiger partial charge < -0.3 is 69.4 Å². The molecule has 0 radical (unpaired) electrons. The van der Waals surface area contributed by atoms with Gasteiger partial charge in [0.2, 0.25) is 0 Å². The zero-order valence-electron chi connectivity index (χ0n) is 73.3. The molecule has 11 heterocycles. The van der Waals surface area contributed by atoms with Crippen LogP contribution in [0.3, 0.4) is 0 Å². The van der Waals surface area contributed by atoms with Gasteiger partial charge in [0, 0.05) is 168 Å². The number of carbonyl (C=O) groups excluding carboxylic acids is 4. The third-order valence-corrected chi connectivity index (χ3v) is 27.4. The van der Waals surface area contributed by atoms with E-state index in [1.54, 1.807) is 66.7 Å². The third-order valence-electron chi connectivity index (χ3n) is 26.1. The molecule has 5 unspecified atom stereocenters. The zero-order valence-corrected chi connectivity index (χ0v) is 77.1. The average molecular weight is 1850 g/mol. The standard InChI is InChI=1S/C31H37ClN4O3.C27H28ClN5O3.C25H21ClFN3OS.C20H21ClN2/c1-2-39-31(38)36-19-14-25-26-20-23(32)10-11-27(26)33-28(25)29(36)21-6-8-22(9-7-21)30(37)35-17-12-24(13-18-35)34-15-4-3-5-16-34;1-2-36-27(35)33-14-10-21-22-16-20(28)8-9-23(22)31-24(21)25(33)18-4-6-19(7-5-18)26(34)30-11-3-13-32-15-12-29-17-32;1-31-17-9-6-15(7-10-17)24-23-18(19-14-16(26)8-11-21(19)28-23)12-13-30(24)25(32)29-22-5-3-2-4-20(22)27;1-13(14-5-3-2-4-6-14)11-19-20-16(9-10-22-19)17-12-15(21)7-8-18(17)23-20/h6-11,20,24,29,33H,2-5,12-19H2,1H3;4-9,12,15-17,25,31H,2-3,10-11,13-14H2,1H3,(H,30,34);2-11,14,24,28H,12-13H2,1H3,(H,29,32);2-8,12-13,19,22-23H,9-11H2,1H3. The summed E-state index contributed by atoms with van der Waals surface area (Å²) in [6.07, 6.45) is 15.9. The van der Waals surface area contributed by atoms with Gasteiger partial charge in [-0.3, -0.25) is 19.4 Å². The normalized spacial score (nSPS) is 17.5. The third kappa shape index (κ3) is 20.0. The molecule has 14 aromatic rings. The molecule has 0 spiro atoms. The Balaban J connectivity index is 0.000000123. The molecule has 7 N–H and O–H groups in total. The van der Waals surface area contributed by atoms with Crippen LogP contribution in [0.5, 0.6) is 5.75 Å². The molecular formula is C103H107Cl4FN14O7S. The number of hydrogen-bond donors (Lipinski definition) is 7. The molecule has 27 heteroatoms. The minimum atomic E-state index is -0.357. The zero-order chi connectivity index (χ0) is 90.1. The number of piperidine rings is 2. The second kappa shape index (κ2) is 41.2. The summed E-state index contributed by atoms with van der Waals surface area (Å²) in [6.45, 7) is 14.7. The van der Waals surface area contributed by atoms with Crippen LogP contribution in [-0.4, -0.2) is 168 Å². The summed E-state index contributed by atoms with van der Waals surface area (Å²) in [5.41, 5.74) is 19.5. The van der Waals surface area contributed by atoms with Crippen molar-refractivity contribution in [3.05, 3.63) is 323 Å². The minimum absolute atomic E-state index is 0.0884. The summed E-state index contributed by atoms with van der Waals surface area (Å²) in [6, 6.07) is 64.3. The monoisotopic (exact) mass is 1840 g/mol. The van der Waals surface area contributed by atoms with Crippen LogP contribution in [0, 0.1) is 5.82 Å². The Morgan fingerprint density at radius 2 is 1.01 bits per heavy atom. The molecule has 6 aliphatic heterocycles. The maximum absolute atomic E-state index is 14.3. The molecule has 9 aromatic carbocycles. The number of fused-ring (bicyclic) bond motifs is 12. The Morgan fingerprint density at radius 3 is 1.50 bits per heavy atom. The molecule has 0 aliphatic carbocycles. The van der Waals surface area contributed by atoms with Crippen LogP contribution in [0.4, 0.5) is 19.7 Å². The largest absolute Gasteiger partial charge is 0.497 e. The van der Waals surface area contributed by atoms with Crippen LogP contribution in [0.15, 0.2) is 219 Å². The topological polar surface area (TPSA) is 229 Å². The van der Waals surface area contributed by atoms with E-state index in [9.17, 15) is 23.6 Å². The number of H-pyrrole nitrogens is 4. The number of ether oxygens (including phenoxy) is 3. The maximum Gasteiger partial charge on any atom is 0.410 e. The lowest BCUT2D eigenvalue weighted by Gasteiger charge is -2.40. The molecule has 0 saturated carbocycles. The Kier molecular flexibility index (Phi) is 28.6. The molecule has 2 fully saturated rings. The number of aryl methyl sites for hydroxylation is 1. The number of thiocarbonyl (C=S) groups is 1. The summed E-state index contributed by atoms with van der Waals surface area (Å²) in [4.78, 5) is 80.5. The summed E-state index contributed by atoms with van der Waals surface area (Å²) in [7, 11) is 1.65. The highest BCUT2D eigenvalue weighted by Gasteiger charge is 2.40. The van der Waals surface area contributed by atoms with E-state index in [1.807, 2.05) is 144 Å². The molecule has 20 rings (SSSR count). The summed E-state index contributed by atoms with van der Waals surface area (Å²) < 4.78 is 32.4. The summed E-state index contributed by atoms with van der Waals surface area (Å²) in [5, 5.41) is 17.7. The fourth-order valence-corrected chi connectivity index (χ4v) is 20.6. The second-order valence-electron chi connectivity index (χ2n) is 34.0. The number of hydrogen-bond acceptors (Lipinski definition) is 11. The molecule has 0 bridgehead atoms. The van der Waals surface area contributed by atoms with Crippen molar-refractivity contribution >= 4 is 137 Å². The molecule has 6 aliphatic rings. The number of halogens is 5. The van der Waals surface area contributed by atoms with Crippen molar-refractivity contribution in [3.63, 3.8) is 0 Å². The number of para-hydroxylation sites is 1. The van der Waals surface area contributed by atoms with Gasteiger partial charge in [0.15, 0.2) is 5.11 Å². The summed E-state index contributed by atoms with van der Waals surface area (Å²) >= 11 is 30.8. The minimum Gasteiger partial charge on any atom is -0.497 e. The van der Waals surface area contributed by atoms with Gasteiger partial charge in [0.05, 0.1) is 38.4 Å². The number of nitrogens with zero attached hydrogens (tertiary/aromatic N) is 7. The van der Waals surface area contributed by atoms with E-state index in [4.69, 9.17) is 72.8 Å². The van der Waals surface area contributed by atoms with Crippen molar-refractivity contribution < 1.29 is 37.8 Å². The highest BCUT2D eigenvalue weighted by Crippen LogP contribution is 2.45. The van der Waals surface area contributed by atoms with Crippen LogP contribution < -0.4 is 20.7 Å². The van der Waals surface area contributed by atoms with Gasteiger partial charge >= 0.3 is 12.2 Å². The number of imidazole rings is 1. The lowest BCUT2D eigenvalue weighted by Crippen LogP contribution is -2.48. The molecule has 5 aromatic heterocycles. The van der Waals surface area contributed by atoms with Crippen molar-refractivity contribution in [2.75, 3.05) is 84.5 Å². The van der Waals surface area contributed by atoms with Gasteiger partial charge in [0.25, 0.3) is 11.8 Å². The Labute approximate surface area is 781 Å². The van der Waals surface area contributed by atoms with Crippen molar-refractivity contribution in [1.29, 1.82) is 0 Å². The lowest BCUT2D eigenvalue weighted by molar-refractivity contribution is 0.0589. The van der Waals surface area contributed by atoms with Crippen LogP contribution in [-0.2, 0) is 41.7 Å². The van der Waals surface area contributed by atoms with Crippen molar-refractivity contribution in [2.24, 2.45) is 0 Å². The number of nitrogens with one attached hydrogen (secondary N) is 7. The van der Waals surface area contributed by atoms with Crippen LogP contribution in [0.2, 0.25) is 20.1 Å². The molecule has 672 valence electrons. The van der Waals surface area contributed by atoms with Gasteiger partial charge in [-0.2, -0.15) is 0 Å². The first-order valence-corrected chi connectivity index (χ1v) is 47.1. The second-order valence-corrected chi connectivity index (χ2v) is 36.2. The first kappa shape index (κ1) is 90.3. The van der Waals surface area contributed by atoms with E-state index in [0.717, 1.165) is 154 Å². The number of benzene rings is 9. The first-order valence-electron chi connectivity index (χ1n) is 45.1. The number of amides is 4. The fourth-order valence-electron chi connectivity index (χ4n) is 19.6. The van der Waals surface area contributed by atoms with Crippen molar-refractivity contribution in [3.8, 4) is 5.75 Å². The van der Waals surface area contributed by atoms with Gasteiger partial charge in [0.1, 0.15) is 23.7 Å². The SMILES string of the molecule is CC(CC1NCCc2c1[nH]c1ccc(Cl)cc21)c1ccccc1.CCOC(=O)N1CCc2c([nH]c3ccc(Cl)cc23)C1c1ccc(C(=O)N2CCC(N3CCCCC3)CC2)cc1.CCOC(=O)N1CCc2c([nH]c3ccc(Cl)cc23)C1c1ccc(C(=O)NCCCn2ccnc2)cc1.COc1ccc(C2c3[nH]c4ccc(Cl)cc4c3CCN2C(=S)Nc2ccccc2F)cc1. The fraction of sp³-hybridized carbons (Fsp3) is 0.320. The number of aromatic nitrogens is 6. The van der Waals surface area contributed by atoms with Crippen LogP contribution in [0.25, 0.3) is 43.6 Å². The smallest absolute Gasteiger partial charge is 0.410 e. The van der Waals surface area contributed by atoms with Gasteiger partial charge in [-0.05, 0) is 282 Å². The van der Waals surface area contributed by atoms with Crippen LogP contribution in [0.1, 0.15) is 184 Å². The van der Waals surface area contributed by atoms with Gasteiger partial charge in [-0.1, -0.05) is 139 Å².